The maximum atomic E-state index is 11.7. The average molecular weight is 301 g/mol. The minimum Gasteiger partial charge on any atom is -0.481 e. The summed E-state index contributed by atoms with van der Waals surface area (Å²) in [5.41, 5.74) is 0. The SMILES string of the molecule is CCN(C)C(=O)C(C)NC(=O)NC(=O)CCCCC(=O)O. The van der Waals surface area contributed by atoms with Gasteiger partial charge in [0.25, 0.3) is 0 Å². The van der Waals surface area contributed by atoms with E-state index in [1.54, 1.807) is 7.05 Å². The molecule has 0 aromatic carbocycles. The van der Waals surface area contributed by atoms with Crippen LogP contribution in [0.3, 0.4) is 0 Å². The average Bonchev–Trinajstić information content (AvgIpc) is 2.41. The Bertz CT molecular complexity index is 397. The van der Waals surface area contributed by atoms with E-state index in [0.717, 1.165) is 0 Å². The van der Waals surface area contributed by atoms with E-state index in [-0.39, 0.29) is 18.7 Å². The summed E-state index contributed by atoms with van der Waals surface area (Å²) in [7, 11) is 1.62. The first-order valence-corrected chi connectivity index (χ1v) is 6.85. The van der Waals surface area contributed by atoms with Crippen LogP contribution in [-0.2, 0) is 14.4 Å². The van der Waals surface area contributed by atoms with Crippen LogP contribution in [0.15, 0.2) is 0 Å². The van der Waals surface area contributed by atoms with Gasteiger partial charge in [0.15, 0.2) is 0 Å². The van der Waals surface area contributed by atoms with Crippen molar-refractivity contribution in [1.29, 1.82) is 0 Å². The van der Waals surface area contributed by atoms with E-state index in [2.05, 4.69) is 10.6 Å². The predicted molar refractivity (Wildman–Crippen MR) is 75.6 cm³/mol. The van der Waals surface area contributed by atoms with Crippen molar-refractivity contribution in [2.24, 2.45) is 0 Å². The number of carboxylic acids is 1. The van der Waals surface area contributed by atoms with Gasteiger partial charge in [0.1, 0.15) is 6.04 Å². The Hall–Kier alpha value is -2.12. The van der Waals surface area contributed by atoms with Crippen LogP contribution in [0, 0.1) is 0 Å². The Labute approximate surface area is 123 Å². The highest BCUT2D eigenvalue weighted by Crippen LogP contribution is 1.99. The van der Waals surface area contributed by atoms with Crippen molar-refractivity contribution in [2.75, 3.05) is 13.6 Å². The lowest BCUT2D eigenvalue weighted by molar-refractivity contribution is -0.137. The number of carbonyl (C=O) groups excluding carboxylic acids is 3. The van der Waals surface area contributed by atoms with Crippen LogP contribution in [0.4, 0.5) is 4.79 Å². The number of nitrogens with zero attached hydrogens (tertiary/aromatic N) is 1. The van der Waals surface area contributed by atoms with E-state index in [9.17, 15) is 19.2 Å². The molecule has 0 saturated carbocycles. The molecule has 120 valence electrons. The number of hydrogen-bond donors (Lipinski definition) is 3. The van der Waals surface area contributed by atoms with Crippen LogP contribution in [0.5, 0.6) is 0 Å². The first-order valence-electron chi connectivity index (χ1n) is 6.85. The molecule has 0 rings (SSSR count). The summed E-state index contributed by atoms with van der Waals surface area (Å²) in [6.45, 7) is 3.87. The third-order valence-corrected chi connectivity index (χ3v) is 2.87. The number of rotatable bonds is 8. The van der Waals surface area contributed by atoms with Crippen LogP contribution in [0.2, 0.25) is 0 Å². The fourth-order valence-corrected chi connectivity index (χ4v) is 1.53. The number of likely N-dealkylation sites (N-methyl/N-ethyl adjacent to an activating group) is 1. The molecule has 0 heterocycles. The molecule has 0 saturated heterocycles. The molecule has 0 spiro atoms. The quantitative estimate of drug-likeness (QED) is 0.558. The van der Waals surface area contributed by atoms with E-state index < -0.39 is 23.9 Å². The zero-order valence-corrected chi connectivity index (χ0v) is 12.6. The van der Waals surface area contributed by atoms with E-state index in [1.165, 1.54) is 11.8 Å². The van der Waals surface area contributed by atoms with Gasteiger partial charge in [-0.3, -0.25) is 19.7 Å². The number of aliphatic carboxylic acids is 1. The van der Waals surface area contributed by atoms with Gasteiger partial charge in [0, 0.05) is 26.4 Å². The van der Waals surface area contributed by atoms with Crippen molar-refractivity contribution in [3.8, 4) is 0 Å². The fourth-order valence-electron chi connectivity index (χ4n) is 1.53. The van der Waals surface area contributed by atoms with Crippen molar-refractivity contribution in [3.05, 3.63) is 0 Å². The standard InChI is InChI=1S/C13H23N3O5/c1-4-16(3)12(20)9(2)14-13(21)15-10(17)7-5-6-8-11(18)19/h9H,4-8H2,1-3H3,(H,18,19)(H2,14,15,17,21). The number of amides is 4. The third kappa shape index (κ3) is 8.61. The molecular weight excluding hydrogens is 278 g/mol. The van der Waals surface area contributed by atoms with E-state index in [1.807, 2.05) is 6.92 Å². The van der Waals surface area contributed by atoms with Crippen molar-refractivity contribution >= 4 is 23.8 Å². The number of hydrogen-bond acceptors (Lipinski definition) is 4. The van der Waals surface area contributed by atoms with Crippen LogP contribution < -0.4 is 10.6 Å². The number of carboxylic acid groups (broad SMARTS) is 1. The highest BCUT2D eigenvalue weighted by atomic mass is 16.4. The highest BCUT2D eigenvalue weighted by molar-refractivity contribution is 5.96. The van der Waals surface area contributed by atoms with Gasteiger partial charge in [-0.05, 0) is 26.7 Å². The molecule has 0 aromatic heterocycles. The first kappa shape index (κ1) is 18.9. The van der Waals surface area contributed by atoms with E-state index in [0.29, 0.717) is 19.4 Å². The lowest BCUT2D eigenvalue weighted by Crippen LogP contribution is -2.50. The predicted octanol–water partition coefficient (Wildman–Crippen LogP) is 0.324. The van der Waals surface area contributed by atoms with E-state index in [4.69, 9.17) is 5.11 Å². The Morgan fingerprint density at radius 3 is 2.24 bits per heavy atom. The van der Waals surface area contributed by atoms with Gasteiger partial charge in [-0.1, -0.05) is 0 Å². The second-order valence-electron chi connectivity index (χ2n) is 4.70. The number of imide groups is 1. The van der Waals surface area contributed by atoms with E-state index >= 15 is 0 Å². The molecule has 3 N–H and O–H groups in total. The Morgan fingerprint density at radius 1 is 1.14 bits per heavy atom. The summed E-state index contributed by atoms with van der Waals surface area (Å²) in [6, 6.07) is -1.46. The maximum Gasteiger partial charge on any atom is 0.322 e. The zero-order chi connectivity index (χ0) is 16.4. The Kier molecular flexibility index (Phi) is 8.75. The molecule has 0 bridgehead atoms. The molecule has 0 fully saturated rings. The number of carbonyl (C=O) groups is 4. The van der Waals surface area contributed by atoms with Gasteiger partial charge in [0.2, 0.25) is 11.8 Å². The molecule has 8 heteroatoms. The topological polar surface area (TPSA) is 116 Å². The lowest BCUT2D eigenvalue weighted by atomic mass is 10.2. The molecule has 0 aliphatic rings. The molecule has 0 aliphatic heterocycles. The van der Waals surface area contributed by atoms with Gasteiger partial charge in [-0.2, -0.15) is 0 Å². The number of urea groups is 1. The molecule has 0 radical (unpaired) electrons. The molecule has 4 amide bonds. The summed E-state index contributed by atoms with van der Waals surface area (Å²) >= 11 is 0. The normalized spacial score (nSPS) is 11.4. The third-order valence-electron chi connectivity index (χ3n) is 2.87. The Morgan fingerprint density at radius 2 is 1.71 bits per heavy atom. The largest absolute Gasteiger partial charge is 0.481 e. The maximum absolute atomic E-state index is 11.7. The monoisotopic (exact) mass is 301 g/mol. The minimum absolute atomic E-state index is 0.00559. The first-order chi connectivity index (χ1) is 9.77. The van der Waals surface area contributed by atoms with Crippen molar-refractivity contribution < 1.29 is 24.3 Å². The molecule has 0 aliphatic carbocycles. The van der Waals surface area contributed by atoms with Gasteiger partial charge in [-0.25, -0.2) is 4.79 Å². The fraction of sp³-hybridized carbons (Fsp3) is 0.692. The lowest BCUT2D eigenvalue weighted by Gasteiger charge is -2.20. The molecule has 0 aromatic rings. The summed E-state index contributed by atoms with van der Waals surface area (Å²) < 4.78 is 0. The molecule has 21 heavy (non-hydrogen) atoms. The Balaban J connectivity index is 4.00. The van der Waals surface area contributed by atoms with Crippen LogP contribution in [0.25, 0.3) is 0 Å². The second-order valence-corrected chi connectivity index (χ2v) is 4.70. The summed E-state index contributed by atoms with van der Waals surface area (Å²) in [5.74, 6) is -1.66. The smallest absolute Gasteiger partial charge is 0.322 e. The molecular formula is C13H23N3O5. The van der Waals surface area contributed by atoms with Crippen molar-refractivity contribution in [3.63, 3.8) is 0 Å². The van der Waals surface area contributed by atoms with Crippen molar-refractivity contribution in [1.82, 2.24) is 15.5 Å². The van der Waals surface area contributed by atoms with Gasteiger partial charge in [0.05, 0.1) is 0 Å². The van der Waals surface area contributed by atoms with Crippen LogP contribution >= 0.6 is 0 Å². The number of nitrogens with one attached hydrogen (secondary N) is 2. The summed E-state index contributed by atoms with van der Waals surface area (Å²) in [5, 5.41) is 12.9. The number of unbranched alkanes of at least 4 members (excludes halogenated alkanes) is 1. The minimum atomic E-state index is -0.916. The molecule has 1 atom stereocenters. The zero-order valence-electron chi connectivity index (χ0n) is 12.6. The van der Waals surface area contributed by atoms with Gasteiger partial charge >= 0.3 is 12.0 Å². The second kappa shape index (κ2) is 9.73. The highest BCUT2D eigenvalue weighted by Gasteiger charge is 2.19. The molecule has 1 unspecified atom stereocenters. The summed E-state index contributed by atoms with van der Waals surface area (Å²) in [6.07, 6.45) is 0.825. The summed E-state index contributed by atoms with van der Waals surface area (Å²) in [4.78, 5) is 46.4. The van der Waals surface area contributed by atoms with Crippen molar-refractivity contribution in [2.45, 2.75) is 45.6 Å². The van der Waals surface area contributed by atoms with Gasteiger partial charge < -0.3 is 15.3 Å². The molecule has 8 nitrogen and oxygen atoms in total. The van der Waals surface area contributed by atoms with Gasteiger partial charge in [-0.15, -0.1) is 0 Å². The van der Waals surface area contributed by atoms with Crippen LogP contribution in [-0.4, -0.2) is 53.5 Å². The van der Waals surface area contributed by atoms with Crippen LogP contribution in [0.1, 0.15) is 39.5 Å².